The molecule has 102 valence electrons. The zero-order chi connectivity index (χ0) is 13.8. The minimum atomic E-state index is -0.627. The van der Waals surface area contributed by atoms with Crippen molar-refractivity contribution in [2.24, 2.45) is 0 Å². The second-order valence-corrected chi connectivity index (χ2v) is 4.20. The van der Waals surface area contributed by atoms with Gasteiger partial charge in [0.2, 0.25) is 5.88 Å². The second kappa shape index (κ2) is 6.00. The molecule has 0 amide bonds. The minimum absolute atomic E-state index is 0.192. The summed E-state index contributed by atoms with van der Waals surface area (Å²) in [5.74, 6) is 0.219. The van der Waals surface area contributed by atoms with Crippen LogP contribution >= 0.6 is 0 Å². The summed E-state index contributed by atoms with van der Waals surface area (Å²) in [5.41, 5.74) is -0.597. The lowest BCUT2D eigenvalue weighted by molar-refractivity contribution is -0.0576. The van der Waals surface area contributed by atoms with Gasteiger partial charge in [0.25, 0.3) is 5.56 Å². The van der Waals surface area contributed by atoms with E-state index in [0.29, 0.717) is 37.3 Å². The molecule has 5 heteroatoms. The van der Waals surface area contributed by atoms with E-state index >= 15 is 0 Å². The molecule has 0 aliphatic carbocycles. The Balaban J connectivity index is 3.34. The number of aromatic nitrogens is 2. The van der Waals surface area contributed by atoms with Crippen molar-refractivity contribution in [1.82, 2.24) is 9.97 Å². The molecule has 0 fully saturated rings. The Morgan fingerprint density at radius 2 is 1.89 bits per heavy atom. The number of aromatic hydroxyl groups is 1. The van der Waals surface area contributed by atoms with Crippen LogP contribution in [0.5, 0.6) is 5.88 Å². The highest BCUT2D eigenvalue weighted by Crippen LogP contribution is 2.31. The lowest BCUT2D eigenvalue weighted by Gasteiger charge is -2.30. The molecule has 2 N–H and O–H groups in total. The first-order valence-corrected chi connectivity index (χ1v) is 6.51. The molecular weight excluding hydrogens is 232 g/mol. The Bertz CT molecular complexity index is 450. The van der Waals surface area contributed by atoms with Crippen molar-refractivity contribution in [3.63, 3.8) is 0 Å². The van der Waals surface area contributed by atoms with Crippen LogP contribution in [0.2, 0.25) is 0 Å². The van der Waals surface area contributed by atoms with Gasteiger partial charge in [-0.2, -0.15) is 4.98 Å². The van der Waals surface area contributed by atoms with E-state index in [2.05, 4.69) is 9.97 Å². The molecular formula is C13H22N2O3. The topological polar surface area (TPSA) is 75.2 Å². The number of nitrogens with zero attached hydrogens (tertiary/aromatic N) is 1. The predicted molar refractivity (Wildman–Crippen MR) is 69.8 cm³/mol. The van der Waals surface area contributed by atoms with E-state index in [-0.39, 0.29) is 11.4 Å². The monoisotopic (exact) mass is 254 g/mol. The Hall–Kier alpha value is -1.36. The highest BCUT2D eigenvalue weighted by Gasteiger charge is 2.32. The third-order valence-corrected chi connectivity index (χ3v) is 3.34. The summed E-state index contributed by atoms with van der Waals surface area (Å²) in [5, 5.41) is 9.81. The molecule has 0 aromatic carbocycles. The molecule has 0 saturated heterocycles. The van der Waals surface area contributed by atoms with E-state index in [1.807, 2.05) is 20.8 Å². The molecule has 0 atom stereocenters. The smallest absolute Gasteiger partial charge is 0.258 e. The van der Waals surface area contributed by atoms with Gasteiger partial charge in [0.05, 0.1) is 5.56 Å². The summed E-state index contributed by atoms with van der Waals surface area (Å²) >= 11 is 0. The van der Waals surface area contributed by atoms with Crippen LogP contribution in [0.4, 0.5) is 0 Å². The van der Waals surface area contributed by atoms with Crippen molar-refractivity contribution < 1.29 is 9.84 Å². The van der Waals surface area contributed by atoms with Crippen molar-refractivity contribution in [3.05, 3.63) is 21.7 Å². The largest absolute Gasteiger partial charge is 0.493 e. The predicted octanol–water partition coefficient (Wildman–Crippen LogP) is 2.09. The van der Waals surface area contributed by atoms with Gasteiger partial charge in [-0.25, -0.2) is 0 Å². The molecule has 1 aromatic heterocycles. The maximum atomic E-state index is 11.9. The lowest BCUT2D eigenvalue weighted by Crippen LogP contribution is -2.33. The summed E-state index contributed by atoms with van der Waals surface area (Å²) < 4.78 is 5.75. The van der Waals surface area contributed by atoms with Crippen molar-refractivity contribution in [1.29, 1.82) is 0 Å². The quantitative estimate of drug-likeness (QED) is 0.815. The molecule has 1 aromatic rings. The van der Waals surface area contributed by atoms with Crippen LogP contribution in [0.3, 0.4) is 0 Å². The molecule has 5 nitrogen and oxygen atoms in total. The van der Waals surface area contributed by atoms with Crippen LogP contribution in [-0.2, 0) is 16.8 Å². The van der Waals surface area contributed by atoms with E-state index in [1.54, 1.807) is 6.92 Å². The van der Waals surface area contributed by atoms with Crippen molar-refractivity contribution in [3.8, 4) is 5.88 Å². The zero-order valence-corrected chi connectivity index (χ0v) is 11.5. The molecule has 18 heavy (non-hydrogen) atoms. The second-order valence-electron chi connectivity index (χ2n) is 4.20. The van der Waals surface area contributed by atoms with E-state index in [4.69, 9.17) is 4.74 Å². The number of hydrogen-bond acceptors (Lipinski definition) is 4. The van der Waals surface area contributed by atoms with Gasteiger partial charge in [-0.3, -0.25) is 4.79 Å². The van der Waals surface area contributed by atoms with E-state index < -0.39 is 5.60 Å². The van der Waals surface area contributed by atoms with Crippen molar-refractivity contribution in [2.45, 2.75) is 52.6 Å². The van der Waals surface area contributed by atoms with Crippen LogP contribution in [0.1, 0.15) is 51.9 Å². The number of hydrogen-bond donors (Lipinski definition) is 2. The first-order valence-electron chi connectivity index (χ1n) is 6.51. The first kappa shape index (κ1) is 14.7. The Labute approximate surface area is 107 Å². The molecule has 0 saturated carbocycles. The number of ether oxygens (including phenoxy) is 1. The van der Waals surface area contributed by atoms with Crippen molar-refractivity contribution in [2.75, 3.05) is 6.61 Å². The van der Waals surface area contributed by atoms with Gasteiger partial charge in [0.15, 0.2) is 0 Å². The number of nitrogens with one attached hydrogen (secondary N) is 1. The van der Waals surface area contributed by atoms with Gasteiger partial charge in [-0.15, -0.1) is 0 Å². The van der Waals surface area contributed by atoms with Crippen molar-refractivity contribution >= 4 is 0 Å². The van der Waals surface area contributed by atoms with Gasteiger partial charge in [-0.05, 0) is 26.2 Å². The molecule has 0 bridgehead atoms. The highest BCUT2D eigenvalue weighted by molar-refractivity contribution is 5.23. The van der Waals surface area contributed by atoms with Gasteiger partial charge < -0.3 is 14.8 Å². The van der Waals surface area contributed by atoms with Gasteiger partial charge in [0.1, 0.15) is 11.4 Å². The Morgan fingerprint density at radius 3 is 2.28 bits per heavy atom. The maximum absolute atomic E-state index is 11.9. The normalized spacial score (nSPS) is 11.8. The molecule has 0 spiro atoms. The number of H-pyrrole nitrogens is 1. The van der Waals surface area contributed by atoms with Crippen LogP contribution < -0.4 is 5.56 Å². The third kappa shape index (κ3) is 2.56. The Kier molecular flexibility index (Phi) is 4.90. The summed E-state index contributed by atoms with van der Waals surface area (Å²) in [4.78, 5) is 18.7. The van der Waals surface area contributed by atoms with Crippen LogP contribution in [-0.4, -0.2) is 21.7 Å². The average molecular weight is 254 g/mol. The Morgan fingerprint density at radius 1 is 1.28 bits per heavy atom. The van der Waals surface area contributed by atoms with Crippen LogP contribution in [0.25, 0.3) is 0 Å². The van der Waals surface area contributed by atoms with Gasteiger partial charge in [0, 0.05) is 6.61 Å². The van der Waals surface area contributed by atoms with Gasteiger partial charge >= 0.3 is 0 Å². The molecule has 1 rings (SSSR count). The van der Waals surface area contributed by atoms with Crippen LogP contribution in [0, 0.1) is 0 Å². The van der Waals surface area contributed by atoms with E-state index in [9.17, 15) is 9.90 Å². The van der Waals surface area contributed by atoms with E-state index in [1.165, 1.54) is 0 Å². The molecule has 1 heterocycles. The third-order valence-electron chi connectivity index (χ3n) is 3.34. The fraction of sp³-hybridized carbons (Fsp3) is 0.692. The average Bonchev–Trinajstić information content (AvgIpc) is 2.35. The summed E-state index contributed by atoms with van der Waals surface area (Å²) in [6.45, 7) is 8.19. The summed E-state index contributed by atoms with van der Waals surface area (Å²) in [6, 6.07) is 0. The SMILES string of the molecule is CCOC(CC)(CC)c1nc(O)c(CC)c(=O)[nH]1. The van der Waals surface area contributed by atoms with Crippen LogP contribution in [0.15, 0.2) is 4.79 Å². The van der Waals surface area contributed by atoms with E-state index in [0.717, 1.165) is 0 Å². The molecule has 0 aliphatic heterocycles. The zero-order valence-electron chi connectivity index (χ0n) is 11.5. The van der Waals surface area contributed by atoms with Gasteiger partial charge in [-0.1, -0.05) is 20.8 Å². The first-order chi connectivity index (χ1) is 8.54. The summed E-state index contributed by atoms with van der Waals surface area (Å²) in [7, 11) is 0. The fourth-order valence-electron chi connectivity index (χ4n) is 2.15. The molecule has 0 radical (unpaired) electrons. The highest BCUT2D eigenvalue weighted by atomic mass is 16.5. The maximum Gasteiger partial charge on any atom is 0.258 e. The fourth-order valence-corrected chi connectivity index (χ4v) is 2.15. The number of rotatable bonds is 6. The molecule has 0 unspecified atom stereocenters. The minimum Gasteiger partial charge on any atom is -0.493 e. The summed E-state index contributed by atoms with van der Waals surface area (Å²) in [6.07, 6.45) is 1.82. The standard InChI is InChI=1S/C13H22N2O3/c1-5-9-10(16)14-12(15-11(9)17)13(6-2,7-3)18-8-4/h5-8H2,1-4H3,(H2,14,15,16,17). The lowest BCUT2D eigenvalue weighted by atomic mass is 9.95. The molecule has 0 aliphatic rings. The number of aromatic amines is 1.